The fourth-order valence-electron chi connectivity index (χ4n) is 1.31. The van der Waals surface area contributed by atoms with Crippen molar-refractivity contribution in [2.24, 2.45) is 0 Å². The highest BCUT2D eigenvalue weighted by molar-refractivity contribution is 7.96. The van der Waals surface area contributed by atoms with Gasteiger partial charge in [0, 0.05) is 12.6 Å². The molecule has 0 bridgehead atoms. The van der Waals surface area contributed by atoms with Gasteiger partial charge in [-0.05, 0) is 6.42 Å². The number of rotatable bonds is 6. The first-order valence-electron chi connectivity index (χ1n) is 5.11. The minimum Gasteiger partial charge on any atom is -0.364 e. The van der Waals surface area contributed by atoms with Crippen molar-refractivity contribution < 1.29 is 9.32 Å². The van der Waals surface area contributed by atoms with Crippen LogP contribution in [0.25, 0.3) is 0 Å². The number of hydrogen-bond donors (Lipinski definition) is 1. The van der Waals surface area contributed by atoms with E-state index < -0.39 is 0 Å². The number of unbranched alkanes of at least 4 members (excludes halogenated alkanes) is 2. The largest absolute Gasteiger partial charge is 0.364 e. The Morgan fingerprint density at radius 1 is 1.60 bits per heavy atom. The van der Waals surface area contributed by atoms with Gasteiger partial charge in [-0.3, -0.25) is 4.79 Å². The quantitative estimate of drug-likeness (QED) is 0.601. The van der Waals surface area contributed by atoms with Gasteiger partial charge in [0.2, 0.25) is 0 Å². The lowest BCUT2D eigenvalue weighted by atomic mass is 10.2. The van der Waals surface area contributed by atoms with Crippen LogP contribution in [0.1, 0.15) is 31.9 Å². The van der Waals surface area contributed by atoms with Crippen molar-refractivity contribution in [3.63, 3.8) is 0 Å². The number of carbonyl (C=O) groups excluding carboxylic acids is 1. The van der Waals surface area contributed by atoms with Gasteiger partial charge >= 0.3 is 0 Å². The Morgan fingerprint density at radius 2 is 2.40 bits per heavy atom. The SMILES string of the molecule is CCCCCN(Cc1ccon1)C(=O)S. The first-order chi connectivity index (χ1) is 7.24. The van der Waals surface area contributed by atoms with Crippen molar-refractivity contribution in [2.45, 2.75) is 32.7 Å². The molecule has 5 heteroatoms. The maximum atomic E-state index is 11.2. The molecular weight excluding hydrogens is 212 g/mol. The predicted octanol–water partition coefficient (Wildman–Crippen LogP) is 2.72. The summed E-state index contributed by atoms with van der Waals surface area (Å²) < 4.78 is 4.71. The molecule has 0 spiro atoms. The molecule has 1 heterocycles. The fourth-order valence-corrected chi connectivity index (χ4v) is 1.48. The maximum absolute atomic E-state index is 11.2. The van der Waals surface area contributed by atoms with E-state index in [9.17, 15) is 4.79 Å². The van der Waals surface area contributed by atoms with E-state index in [1.807, 2.05) is 0 Å². The second kappa shape index (κ2) is 6.50. The van der Waals surface area contributed by atoms with E-state index in [0.29, 0.717) is 6.54 Å². The zero-order valence-corrected chi connectivity index (χ0v) is 9.74. The molecule has 0 saturated heterocycles. The molecule has 0 saturated carbocycles. The predicted molar refractivity (Wildman–Crippen MR) is 60.8 cm³/mol. The summed E-state index contributed by atoms with van der Waals surface area (Å²) in [4.78, 5) is 12.9. The van der Waals surface area contributed by atoms with Crippen molar-refractivity contribution in [1.29, 1.82) is 0 Å². The molecule has 0 aliphatic rings. The lowest BCUT2D eigenvalue weighted by Crippen LogP contribution is -2.27. The third-order valence-electron chi connectivity index (χ3n) is 2.15. The number of aromatic nitrogens is 1. The van der Waals surface area contributed by atoms with E-state index in [2.05, 4.69) is 24.7 Å². The van der Waals surface area contributed by atoms with Gasteiger partial charge in [0.25, 0.3) is 5.24 Å². The zero-order chi connectivity index (χ0) is 11.1. The van der Waals surface area contributed by atoms with Gasteiger partial charge in [0.05, 0.1) is 6.54 Å². The fraction of sp³-hybridized carbons (Fsp3) is 0.600. The highest BCUT2D eigenvalue weighted by Crippen LogP contribution is 2.07. The Hall–Kier alpha value is -0.970. The lowest BCUT2D eigenvalue weighted by molar-refractivity contribution is 0.218. The molecule has 0 N–H and O–H groups in total. The summed E-state index contributed by atoms with van der Waals surface area (Å²) in [5.74, 6) is 0. The van der Waals surface area contributed by atoms with Gasteiger partial charge in [-0.15, -0.1) is 0 Å². The summed E-state index contributed by atoms with van der Waals surface area (Å²) in [6.45, 7) is 3.33. The molecule has 0 radical (unpaired) electrons. The number of thiol groups is 1. The van der Waals surface area contributed by atoms with Crippen molar-refractivity contribution in [3.05, 3.63) is 18.0 Å². The minimum absolute atomic E-state index is 0.214. The van der Waals surface area contributed by atoms with Gasteiger partial charge in [0.15, 0.2) is 0 Å². The topological polar surface area (TPSA) is 46.3 Å². The highest BCUT2D eigenvalue weighted by Gasteiger charge is 2.11. The molecule has 1 amide bonds. The van der Waals surface area contributed by atoms with Crippen LogP contribution < -0.4 is 0 Å². The molecule has 0 atom stereocenters. The molecule has 4 nitrogen and oxygen atoms in total. The molecule has 0 unspecified atom stereocenters. The van der Waals surface area contributed by atoms with Crippen LogP contribution in [0, 0.1) is 0 Å². The third kappa shape index (κ3) is 4.38. The molecule has 0 aliphatic heterocycles. The Kier molecular flexibility index (Phi) is 5.25. The van der Waals surface area contributed by atoms with Gasteiger partial charge in [-0.1, -0.05) is 37.6 Å². The monoisotopic (exact) mass is 228 g/mol. The first-order valence-corrected chi connectivity index (χ1v) is 5.56. The molecular formula is C10H16N2O2S. The molecule has 0 fully saturated rings. The minimum atomic E-state index is -0.214. The Balaban J connectivity index is 2.40. The standard InChI is InChI=1S/C10H16N2O2S/c1-2-3-4-6-12(10(13)15)8-9-5-7-14-11-9/h5,7H,2-4,6,8H2,1H3,(H,13,15). The van der Waals surface area contributed by atoms with Gasteiger partial charge < -0.3 is 9.42 Å². The molecule has 1 aromatic rings. The summed E-state index contributed by atoms with van der Waals surface area (Å²) in [6, 6.07) is 1.75. The van der Waals surface area contributed by atoms with Crippen LogP contribution in [0.3, 0.4) is 0 Å². The molecule has 1 aromatic heterocycles. The van der Waals surface area contributed by atoms with Crippen LogP contribution in [-0.4, -0.2) is 21.8 Å². The summed E-state index contributed by atoms with van der Waals surface area (Å²) in [7, 11) is 0. The Bertz CT molecular complexity index is 288. The number of amides is 1. The molecule has 0 aliphatic carbocycles. The lowest BCUT2D eigenvalue weighted by Gasteiger charge is -2.18. The van der Waals surface area contributed by atoms with E-state index in [-0.39, 0.29) is 5.24 Å². The normalized spacial score (nSPS) is 10.3. The second-order valence-corrected chi connectivity index (χ2v) is 3.78. The van der Waals surface area contributed by atoms with Gasteiger partial charge in [-0.2, -0.15) is 0 Å². The van der Waals surface area contributed by atoms with Crippen molar-refractivity contribution in [2.75, 3.05) is 6.54 Å². The Morgan fingerprint density at radius 3 is 2.93 bits per heavy atom. The number of nitrogens with zero attached hydrogens (tertiary/aromatic N) is 2. The van der Waals surface area contributed by atoms with E-state index in [0.717, 1.165) is 31.5 Å². The molecule has 0 aromatic carbocycles. The number of carbonyl (C=O) groups is 1. The van der Waals surface area contributed by atoms with Crippen molar-refractivity contribution >= 4 is 17.9 Å². The molecule has 1 rings (SSSR count). The highest BCUT2D eigenvalue weighted by atomic mass is 32.1. The van der Waals surface area contributed by atoms with E-state index in [4.69, 9.17) is 4.52 Å². The molecule has 84 valence electrons. The summed E-state index contributed by atoms with van der Waals surface area (Å²) in [5, 5.41) is 3.55. The van der Waals surface area contributed by atoms with Gasteiger partial charge in [-0.25, -0.2) is 0 Å². The smallest absolute Gasteiger partial charge is 0.278 e. The first kappa shape index (κ1) is 12.1. The van der Waals surface area contributed by atoms with Crippen molar-refractivity contribution in [1.82, 2.24) is 10.1 Å². The van der Waals surface area contributed by atoms with Crippen LogP contribution >= 0.6 is 12.6 Å². The van der Waals surface area contributed by atoms with Crippen molar-refractivity contribution in [3.8, 4) is 0 Å². The van der Waals surface area contributed by atoms with Crippen LogP contribution in [0.15, 0.2) is 16.9 Å². The molecule has 15 heavy (non-hydrogen) atoms. The van der Waals surface area contributed by atoms with Crippen LogP contribution in [-0.2, 0) is 6.54 Å². The van der Waals surface area contributed by atoms with E-state index >= 15 is 0 Å². The van der Waals surface area contributed by atoms with Crippen LogP contribution in [0.2, 0.25) is 0 Å². The maximum Gasteiger partial charge on any atom is 0.278 e. The van der Waals surface area contributed by atoms with E-state index in [1.165, 1.54) is 6.26 Å². The zero-order valence-electron chi connectivity index (χ0n) is 8.85. The second-order valence-electron chi connectivity index (χ2n) is 3.40. The Labute approximate surface area is 95.0 Å². The average Bonchev–Trinajstić information content (AvgIpc) is 2.69. The third-order valence-corrected chi connectivity index (χ3v) is 2.43. The summed E-state index contributed by atoms with van der Waals surface area (Å²) in [6.07, 6.45) is 4.76. The van der Waals surface area contributed by atoms with Gasteiger partial charge in [0.1, 0.15) is 12.0 Å². The van der Waals surface area contributed by atoms with Crippen LogP contribution in [0.5, 0.6) is 0 Å². The summed E-state index contributed by atoms with van der Waals surface area (Å²) >= 11 is 3.84. The number of hydrogen-bond acceptors (Lipinski definition) is 3. The van der Waals surface area contributed by atoms with E-state index in [1.54, 1.807) is 11.0 Å². The average molecular weight is 228 g/mol. The van der Waals surface area contributed by atoms with Crippen LogP contribution in [0.4, 0.5) is 4.79 Å². The summed E-state index contributed by atoms with van der Waals surface area (Å²) in [5.41, 5.74) is 0.758.